The van der Waals surface area contributed by atoms with E-state index in [0.29, 0.717) is 0 Å². The Balaban J connectivity index is 1.90. The van der Waals surface area contributed by atoms with Crippen LogP contribution < -0.4 is 5.73 Å². The number of hydrogen-bond donors (Lipinski definition) is 1. The van der Waals surface area contributed by atoms with Crippen molar-refractivity contribution in [2.24, 2.45) is 5.73 Å². The van der Waals surface area contributed by atoms with Crippen molar-refractivity contribution in [2.75, 3.05) is 0 Å². The van der Waals surface area contributed by atoms with Crippen molar-refractivity contribution < 1.29 is 4.42 Å². The summed E-state index contributed by atoms with van der Waals surface area (Å²) in [6, 6.07) is 2.07. The van der Waals surface area contributed by atoms with Crippen LogP contribution in [0, 0.1) is 6.92 Å². The van der Waals surface area contributed by atoms with E-state index in [-0.39, 0.29) is 6.04 Å². The monoisotopic (exact) mass is 222 g/mol. The lowest BCUT2D eigenvalue weighted by atomic mass is 10.1. The molecule has 15 heavy (non-hydrogen) atoms. The van der Waals surface area contributed by atoms with E-state index in [4.69, 9.17) is 10.2 Å². The van der Waals surface area contributed by atoms with Gasteiger partial charge in [-0.25, -0.2) is 4.98 Å². The molecule has 0 aromatic carbocycles. The van der Waals surface area contributed by atoms with Gasteiger partial charge in [0.2, 0.25) is 0 Å². The Morgan fingerprint density at radius 2 is 2.40 bits per heavy atom. The number of aromatic nitrogens is 1. The van der Waals surface area contributed by atoms with E-state index in [1.54, 1.807) is 23.9 Å². The standard InChI is InChI=1S/C11H14N2OS/c1-8-13-11(7-15-8)5-10(12)4-9-2-3-14-6-9/h2-3,6-7,10H,4-5,12H2,1H3. The average Bonchev–Trinajstić information content (AvgIpc) is 2.77. The van der Waals surface area contributed by atoms with E-state index in [2.05, 4.69) is 10.4 Å². The number of nitrogens with two attached hydrogens (primary N) is 1. The van der Waals surface area contributed by atoms with Crippen LogP contribution in [0.1, 0.15) is 16.3 Å². The molecule has 1 atom stereocenters. The maximum absolute atomic E-state index is 6.03. The minimum absolute atomic E-state index is 0.115. The van der Waals surface area contributed by atoms with Crippen LogP contribution in [0.4, 0.5) is 0 Å². The van der Waals surface area contributed by atoms with Crippen LogP contribution in [0.25, 0.3) is 0 Å². The summed E-state index contributed by atoms with van der Waals surface area (Å²) >= 11 is 1.67. The molecule has 0 aliphatic carbocycles. The highest BCUT2D eigenvalue weighted by atomic mass is 32.1. The molecule has 0 saturated heterocycles. The molecule has 0 bridgehead atoms. The molecule has 2 N–H and O–H groups in total. The number of rotatable bonds is 4. The van der Waals surface area contributed by atoms with Gasteiger partial charge in [0.15, 0.2) is 0 Å². The van der Waals surface area contributed by atoms with Crippen molar-refractivity contribution in [2.45, 2.75) is 25.8 Å². The van der Waals surface area contributed by atoms with E-state index < -0.39 is 0 Å². The molecular formula is C11H14N2OS. The maximum atomic E-state index is 6.03. The molecule has 0 radical (unpaired) electrons. The Kier molecular flexibility index (Phi) is 3.18. The topological polar surface area (TPSA) is 52.0 Å². The second-order valence-corrected chi connectivity index (χ2v) is 4.72. The van der Waals surface area contributed by atoms with Gasteiger partial charge in [0.1, 0.15) is 0 Å². The molecule has 0 aliphatic rings. The highest BCUT2D eigenvalue weighted by Gasteiger charge is 2.08. The Hall–Kier alpha value is -1.13. The first-order valence-electron chi connectivity index (χ1n) is 4.91. The zero-order valence-corrected chi connectivity index (χ0v) is 9.46. The molecular weight excluding hydrogens is 208 g/mol. The van der Waals surface area contributed by atoms with Gasteiger partial charge in [-0.05, 0) is 25.0 Å². The van der Waals surface area contributed by atoms with E-state index >= 15 is 0 Å². The van der Waals surface area contributed by atoms with Crippen molar-refractivity contribution in [1.29, 1.82) is 0 Å². The van der Waals surface area contributed by atoms with Gasteiger partial charge in [0.25, 0.3) is 0 Å². The zero-order chi connectivity index (χ0) is 10.7. The normalized spacial score (nSPS) is 12.9. The molecule has 3 nitrogen and oxygen atoms in total. The molecule has 2 rings (SSSR count). The summed E-state index contributed by atoms with van der Waals surface area (Å²) in [5.74, 6) is 0. The van der Waals surface area contributed by atoms with Crippen molar-refractivity contribution in [3.63, 3.8) is 0 Å². The van der Waals surface area contributed by atoms with E-state index in [9.17, 15) is 0 Å². The van der Waals surface area contributed by atoms with Crippen LogP contribution in [0.2, 0.25) is 0 Å². The predicted octanol–water partition coefficient (Wildman–Crippen LogP) is 2.16. The van der Waals surface area contributed by atoms with Crippen LogP contribution in [-0.2, 0) is 12.8 Å². The minimum Gasteiger partial charge on any atom is -0.472 e. The molecule has 0 spiro atoms. The average molecular weight is 222 g/mol. The van der Waals surface area contributed by atoms with Gasteiger partial charge in [-0.15, -0.1) is 11.3 Å². The Bertz CT molecular complexity index is 408. The largest absolute Gasteiger partial charge is 0.472 e. The summed E-state index contributed by atoms with van der Waals surface area (Å²) < 4.78 is 5.00. The lowest BCUT2D eigenvalue weighted by Gasteiger charge is -2.07. The van der Waals surface area contributed by atoms with Gasteiger partial charge >= 0.3 is 0 Å². The first kappa shape index (κ1) is 10.4. The quantitative estimate of drug-likeness (QED) is 0.862. The van der Waals surface area contributed by atoms with Crippen molar-refractivity contribution >= 4 is 11.3 Å². The molecule has 80 valence electrons. The van der Waals surface area contributed by atoms with Crippen molar-refractivity contribution in [3.05, 3.63) is 40.2 Å². The lowest BCUT2D eigenvalue weighted by molar-refractivity contribution is 0.559. The summed E-state index contributed by atoms with van der Waals surface area (Å²) in [5, 5.41) is 3.17. The molecule has 2 heterocycles. The second-order valence-electron chi connectivity index (χ2n) is 3.66. The summed E-state index contributed by atoms with van der Waals surface area (Å²) in [7, 11) is 0. The molecule has 0 aliphatic heterocycles. The maximum Gasteiger partial charge on any atom is 0.0935 e. The smallest absolute Gasteiger partial charge is 0.0935 e. The lowest BCUT2D eigenvalue weighted by Crippen LogP contribution is -2.25. The van der Waals surface area contributed by atoms with E-state index in [0.717, 1.165) is 29.1 Å². The first-order valence-corrected chi connectivity index (χ1v) is 5.79. The number of hydrogen-bond acceptors (Lipinski definition) is 4. The highest BCUT2D eigenvalue weighted by molar-refractivity contribution is 7.09. The highest BCUT2D eigenvalue weighted by Crippen LogP contribution is 2.11. The predicted molar refractivity (Wildman–Crippen MR) is 60.9 cm³/mol. The third-order valence-corrected chi connectivity index (χ3v) is 3.04. The van der Waals surface area contributed by atoms with Gasteiger partial charge in [-0.3, -0.25) is 0 Å². The molecule has 2 aromatic rings. The fourth-order valence-corrected chi connectivity index (χ4v) is 2.18. The molecule has 1 unspecified atom stereocenters. The summed E-state index contributed by atoms with van der Waals surface area (Å²) in [6.45, 7) is 2.01. The summed E-state index contributed by atoms with van der Waals surface area (Å²) in [5.41, 5.74) is 8.27. The van der Waals surface area contributed by atoms with E-state index in [1.807, 2.05) is 13.0 Å². The SMILES string of the molecule is Cc1nc(CC(N)Cc2ccoc2)cs1. The zero-order valence-electron chi connectivity index (χ0n) is 8.64. The van der Waals surface area contributed by atoms with Gasteiger partial charge in [-0.1, -0.05) is 0 Å². The van der Waals surface area contributed by atoms with Gasteiger partial charge in [0.05, 0.1) is 23.2 Å². The Labute approximate surface area is 92.9 Å². The number of thiazole rings is 1. The third-order valence-electron chi connectivity index (χ3n) is 2.22. The number of nitrogens with zero attached hydrogens (tertiary/aromatic N) is 1. The van der Waals surface area contributed by atoms with Crippen molar-refractivity contribution in [3.8, 4) is 0 Å². The molecule has 0 amide bonds. The van der Waals surface area contributed by atoms with Crippen LogP contribution in [0.3, 0.4) is 0 Å². The van der Waals surface area contributed by atoms with Crippen LogP contribution in [-0.4, -0.2) is 11.0 Å². The number of aryl methyl sites for hydroxylation is 1. The summed E-state index contributed by atoms with van der Waals surface area (Å²) in [6.07, 6.45) is 5.09. The van der Waals surface area contributed by atoms with Crippen LogP contribution >= 0.6 is 11.3 Å². The molecule has 4 heteroatoms. The molecule has 0 fully saturated rings. The first-order chi connectivity index (χ1) is 7.24. The summed E-state index contributed by atoms with van der Waals surface area (Å²) in [4.78, 5) is 4.40. The van der Waals surface area contributed by atoms with Crippen LogP contribution in [0.5, 0.6) is 0 Å². The third kappa shape index (κ3) is 2.91. The van der Waals surface area contributed by atoms with Crippen LogP contribution in [0.15, 0.2) is 28.4 Å². The Morgan fingerprint density at radius 1 is 1.53 bits per heavy atom. The molecule has 2 aromatic heterocycles. The number of furan rings is 1. The Morgan fingerprint density at radius 3 is 3.00 bits per heavy atom. The second kappa shape index (κ2) is 4.59. The fraction of sp³-hybridized carbons (Fsp3) is 0.364. The van der Waals surface area contributed by atoms with Gasteiger partial charge < -0.3 is 10.2 Å². The van der Waals surface area contributed by atoms with E-state index in [1.165, 1.54) is 0 Å². The van der Waals surface area contributed by atoms with Gasteiger partial charge in [0, 0.05) is 17.8 Å². The fourth-order valence-electron chi connectivity index (χ4n) is 1.55. The van der Waals surface area contributed by atoms with Gasteiger partial charge in [-0.2, -0.15) is 0 Å². The van der Waals surface area contributed by atoms with Crippen molar-refractivity contribution in [1.82, 2.24) is 4.98 Å². The minimum atomic E-state index is 0.115. The molecule has 0 saturated carbocycles.